The Kier molecular flexibility index (Phi) is 4.55. The van der Waals surface area contributed by atoms with Crippen LogP contribution >= 0.6 is 0 Å². The molecule has 5 rings (SSSR count). The van der Waals surface area contributed by atoms with Crippen LogP contribution in [0.5, 0.6) is 0 Å². The molecule has 7 heteroatoms. The van der Waals surface area contributed by atoms with Gasteiger partial charge in [0.2, 0.25) is 0 Å². The van der Waals surface area contributed by atoms with E-state index in [4.69, 9.17) is 14.5 Å². The van der Waals surface area contributed by atoms with Crippen LogP contribution in [0.4, 0.5) is 5.82 Å². The summed E-state index contributed by atoms with van der Waals surface area (Å²) in [6.07, 6.45) is 7.38. The van der Waals surface area contributed by atoms with Crippen molar-refractivity contribution < 1.29 is 9.52 Å². The molecule has 1 N–H and O–H groups in total. The smallest absolute Gasteiger partial charge is 0.158 e. The van der Waals surface area contributed by atoms with Crippen molar-refractivity contribution in [2.75, 3.05) is 18.0 Å². The van der Waals surface area contributed by atoms with Crippen LogP contribution in [0.25, 0.3) is 17.1 Å². The second-order valence-corrected chi connectivity index (χ2v) is 8.04. The summed E-state index contributed by atoms with van der Waals surface area (Å²) in [5.41, 5.74) is 3.67. The molecule has 0 amide bonds. The van der Waals surface area contributed by atoms with Gasteiger partial charge in [-0.15, -0.1) is 0 Å². The SMILES string of the molecule is Cc1nc2cc(-c3ccco3)nn2c(N2CCC[C@@](O)(c3cccnc3)CC2)c1C. The van der Waals surface area contributed by atoms with E-state index in [1.54, 1.807) is 18.7 Å². The third-order valence-electron chi connectivity index (χ3n) is 6.14. The predicted octanol–water partition coefficient (Wildman–Crippen LogP) is 3.88. The van der Waals surface area contributed by atoms with E-state index in [2.05, 4.69) is 16.8 Å². The zero-order valence-corrected chi connectivity index (χ0v) is 17.2. The highest BCUT2D eigenvalue weighted by Gasteiger charge is 2.33. The second-order valence-electron chi connectivity index (χ2n) is 8.04. The molecule has 154 valence electrons. The maximum Gasteiger partial charge on any atom is 0.158 e. The van der Waals surface area contributed by atoms with E-state index in [1.165, 1.54) is 0 Å². The highest BCUT2D eigenvalue weighted by atomic mass is 16.3. The molecule has 0 aliphatic carbocycles. The molecule has 1 aliphatic heterocycles. The normalized spacial score (nSPS) is 19.9. The van der Waals surface area contributed by atoms with Crippen molar-refractivity contribution in [3.8, 4) is 11.5 Å². The fourth-order valence-corrected chi connectivity index (χ4v) is 4.36. The average Bonchev–Trinajstić information content (AvgIpc) is 3.38. The van der Waals surface area contributed by atoms with Gasteiger partial charge in [0, 0.05) is 48.4 Å². The lowest BCUT2D eigenvalue weighted by Gasteiger charge is -2.28. The minimum Gasteiger partial charge on any atom is -0.463 e. The summed E-state index contributed by atoms with van der Waals surface area (Å²) in [5, 5.41) is 16.1. The monoisotopic (exact) mass is 403 g/mol. The molecule has 0 aromatic carbocycles. The first-order valence-electron chi connectivity index (χ1n) is 10.3. The number of furan rings is 1. The fourth-order valence-electron chi connectivity index (χ4n) is 4.36. The number of rotatable bonds is 3. The third-order valence-corrected chi connectivity index (χ3v) is 6.14. The van der Waals surface area contributed by atoms with Gasteiger partial charge in [0.05, 0.1) is 11.9 Å². The molecule has 0 bridgehead atoms. The summed E-state index contributed by atoms with van der Waals surface area (Å²) < 4.78 is 7.45. The van der Waals surface area contributed by atoms with E-state index >= 15 is 0 Å². The van der Waals surface area contributed by atoms with Gasteiger partial charge < -0.3 is 14.4 Å². The predicted molar refractivity (Wildman–Crippen MR) is 114 cm³/mol. The van der Waals surface area contributed by atoms with Crippen LogP contribution in [0.3, 0.4) is 0 Å². The average molecular weight is 403 g/mol. The van der Waals surface area contributed by atoms with Crippen LogP contribution in [-0.4, -0.2) is 37.8 Å². The molecule has 1 saturated heterocycles. The molecular formula is C23H25N5O2. The zero-order valence-electron chi connectivity index (χ0n) is 17.2. The fraction of sp³-hybridized carbons (Fsp3) is 0.348. The lowest BCUT2D eigenvalue weighted by atomic mass is 9.88. The molecular weight excluding hydrogens is 378 g/mol. The van der Waals surface area contributed by atoms with Gasteiger partial charge >= 0.3 is 0 Å². The van der Waals surface area contributed by atoms with Crippen LogP contribution in [0, 0.1) is 13.8 Å². The molecule has 0 unspecified atom stereocenters. The first-order valence-corrected chi connectivity index (χ1v) is 10.3. The first kappa shape index (κ1) is 18.8. The molecule has 4 aromatic heterocycles. The number of aromatic nitrogens is 4. The van der Waals surface area contributed by atoms with Gasteiger partial charge in [0.15, 0.2) is 11.4 Å². The Bertz CT molecular complexity index is 1170. The standard InChI is InChI=1S/C23H25N5O2/c1-16-17(2)25-21-14-19(20-7-4-13-30-20)26-28(21)22(16)27-11-5-8-23(29,9-12-27)18-6-3-10-24-15-18/h3-4,6-7,10,13-15,29H,5,8-9,11-12H2,1-2H3/t23-/m0/s1. The van der Waals surface area contributed by atoms with E-state index in [0.717, 1.165) is 59.3 Å². The molecule has 0 radical (unpaired) electrons. The van der Waals surface area contributed by atoms with E-state index in [-0.39, 0.29) is 0 Å². The van der Waals surface area contributed by atoms with E-state index in [9.17, 15) is 5.11 Å². The number of anilines is 1. The Morgan fingerprint density at radius 3 is 2.80 bits per heavy atom. The number of pyridine rings is 1. The van der Waals surface area contributed by atoms with Crippen molar-refractivity contribution in [1.29, 1.82) is 0 Å². The van der Waals surface area contributed by atoms with Crippen molar-refractivity contribution >= 4 is 11.5 Å². The number of hydrogen-bond acceptors (Lipinski definition) is 6. The highest BCUT2D eigenvalue weighted by molar-refractivity contribution is 5.64. The van der Waals surface area contributed by atoms with E-state index in [0.29, 0.717) is 12.8 Å². The van der Waals surface area contributed by atoms with Crippen molar-refractivity contribution in [3.05, 3.63) is 65.8 Å². The van der Waals surface area contributed by atoms with Gasteiger partial charge in [0.1, 0.15) is 11.5 Å². The quantitative estimate of drug-likeness (QED) is 0.559. The summed E-state index contributed by atoms with van der Waals surface area (Å²) >= 11 is 0. The number of aliphatic hydroxyl groups is 1. The molecule has 5 heterocycles. The summed E-state index contributed by atoms with van der Waals surface area (Å²) in [5.74, 6) is 1.76. The maximum absolute atomic E-state index is 11.3. The molecule has 30 heavy (non-hydrogen) atoms. The Hall–Kier alpha value is -3.19. The Morgan fingerprint density at radius 2 is 2.03 bits per heavy atom. The molecule has 0 saturated carbocycles. The van der Waals surface area contributed by atoms with Gasteiger partial charge in [-0.2, -0.15) is 9.61 Å². The van der Waals surface area contributed by atoms with E-state index in [1.807, 2.05) is 41.8 Å². The molecule has 7 nitrogen and oxygen atoms in total. The molecule has 1 fully saturated rings. The van der Waals surface area contributed by atoms with Gasteiger partial charge in [-0.05, 0) is 51.3 Å². The third kappa shape index (κ3) is 3.15. The van der Waals surface area contributed by atoms with Gasteiger partial charge in [-0.1, -0.05) is 6.07 Å². The van der Waals surface area contributed by atoms with Gasteiger partial charge in [-0.25, -0.2) is 4.98 Å². The minimum absolute atomic E-state index is 0.632. The van der Waals surface area contributed by atoms with Crippen molar-refractivity contribution in [1.82, 2.24) is 19.6 Å². The van der Waals surface area contributed by atoms with Crippen molar-refractivity contribution in [2.24, 2.45) is 0 Å². The van der Waals surface area contributed by atoms with Crippen LogP contribution in [0.1, 0.15) is 36.1 Å². The van der Waals surface area contributed by atoms with Gasteiger partial charge in [0.25, 0.3) is 0 Å². The lowest BCUT2D eigenvalue weighted by Crippen LogP contribution is -2.31. The van der Waals surface area contributed by atoms with Crippen LogP contribution in [0.15, 0.2) is 53.4 Å². The Balaban J connectivity index is 1.53. The number of fused-ring (bicyclic) bond motifs is 1. The van der Waals surface area contributed by atoms with Crippen LogP contribution in [-0.2, 0) is 5.60 Å². The number of aryl methyl sites for hydroxylation is 1. The second kappa shape index (κ2) is 7.25. The highest BCUT2D eigenvalue weighted by Crippen LogP contribution is 2.35. The molecule has 4 aromatic rings. The topological polar surface area (TPSA) is 79.7 Å². The number of hydrogen-bond donors (Lipinski definition) is 1. The van der Waals surface area contributed by atoms with E-state index < -0.39 is 5.60 Å². The largest absolute Gasteiger partial charge is 0.463 e. The van der Waals surface area contributed by atoms with Crippen molar-refractivity contribution in [2.45, 2.75) is 38.7 Å². The summed E-state index contributed by atoms with van der Waals surface area (Å²) in [7, 11) is 0. The molecule has 1 aliphatic rings. The Labute approximate surface area is 175 Å². The van der Waals surface area contributed by atoms with Crippen LogP contribution < -0.4 is 4.90 Å². The Morgan fingerprint density at radius 1 is 1.13 bits per heavy atom. The summed E-state index contributed by atoms with van der Waals surface area (Å²) in [6.45, 7) is 5.68. The summed E-state index contributed by atoms with van der Waals surface area (Å²) in [6, 6.07) is 9.57. The number of nitrogens with zero attached hydrogens (tertiary/aromatic N) is 5. The van der Waals surface area contributed by atoms with Crippen LogP contribution in [0.2, 0.25) is 0 Å². The van der Waals surface area contributed by atoms with Gasteiger partial charge in [-0.3, -0.25) is 4.98 Å². The lowest BCUT2D eigenvalue weighted by molar-refractivity contribution is 0.0241. The molecule has 1 atom stereocenters. The summed E-state index contributed by atoms with van der Waals surface area (Å²) in [4.78, 5) is 11.3. The molecule has 0 spiro atoms. The first-order chi connectivity index (χ1) is 14.5. The zero-order chi connectivity index (χ0) is 20.7. The van der Waals surface area contributed by atoms with Crippen molar-refractivity contribution in [3.63, 3.8) is 0 Å². The minimum atomic E-state index is -0.860. The maximum atomic E-state index is 11.3.